The van der Waals surface area contributed by atoms with E-state index in [9.17, 15) is 0 Å². The Morgan fingerprint density at radius 3 is 1.11 bits per heavy atom. The minimum atomic E-state index is -0.877. The molecular weight excluding hydrogens is 498 g/mol. The fraction of sp³-hybridized carbons (Fsp3) is 0.235. The average Bonchev–Trinajstić information content (AvgIpc) is 2.86. The Bertz CT molecular complexity index is 862. The van der Waals surface area contributed by atoms with Crippen LogP contribution in [-0.2, 0) is 16.5 Å². The molecule has 0 saturated heterocycles. The topological polar surface area (TPSA) is 0 Å². The minimum absolute atomic E-state index is 0. The SMILES string of the molecule is [C-]1=CCCC=CCC1.[C-]1=CCCC=CCC1.[Ni+2].c1ccc([PH+](c2ccccc2)c2ccccc2)cc1. The van der Waals surface area contributed by atoms with Crippen molar-refractivity contribution in [1.82, 2.24) is 0 Å². The van der Waals surface area contributed by atoms with Gasteiger partial charge in [-0.15, -0.1) is 0 Å². The summed E-state index contributed by atoms with van der Waals surface area (Å²) in [6.45, 7) is 0. The van der Waals surface area contributed by atoms with E-state index in [-0.39, 0.29) is 16.5 Å². The number of benzene rings is 3. The molecule has 188 valence electrons. The van der Waals surface area contributed by atoms with Crippen molar-refractivity contribution in [2.24, 2.45) is 0 Å². The first kappa shape index (κ1) is 29.8. The van der Waals surface area contributed by atoms with E-state index in [2.05, 4.69) is 140 Å². The van der Waals surface area contributed by atoms with Crippen LogP contribution in [0, 0.1) is 12.2 Å². The summed E-state index contributed by atoms with van der Waals surface area (Å²) in [5.74, 6) is 0. The molecule has 0 amide bonds. The third kappa shape index (κ3) is 12.0. The van der Waals surface area contributed by atoms with E-state index in [0.717, 1.165) is 12.8 Å². The summed E-state index contributed by atoms with van der Waals surface area (Å²) in [6.07, 6.45) is 29.0. The first-order chi connectivity index (χ1) is 17.4. The third-order valence-corrected chi connectivity index (χ3v) is 8.41. The molecule has 0 radical (unpaired) electrons. The predicted octanol–water partition coefficient (Wildman–Crippen LogP) is 8.13. The molecule has 0 N–H and O–H groups in total. The second-order valence-electron chi connectivity index (χ2n) is 8.46. The quantitative estimate of drug-likeness (QED) is 0.137. The molecule has 0 fully saturated rings. The number of rotatable bonds is 3. The van der Waals surface area contributed by atoms with Gasteiger partial charge in [0.2, 0.25) is 0 Å². The van der Waals surface area contributed by atoms with E-state index in [0.29, 0.717) is 0 Å². The molecule has 2 heteroatoms. The van der Waals surface area contributed by atoms with Gasteiger partial charge in [0, 0.05) is 0 Å². The van der Waals surface area contributed by atoms with Crippen LogP contribution in [0.2, 0.25) is 0 Å². The maximum Gasteiger partial charge on any atom is 2.00 e. The normalized spacial score (nSPS) is 14.5. The summed E-state index contributed by atoms with van der Waals surface area (Å²) >= 11 is 0. The molecule has 0 saturated carbocycles. The average molecular weight is 536 g/mol. The van der Waals surface area contributed by atoms with Gasteiger partial charge < -0.3 is 12.2 Å². The molecule has 0 aliphatic heterocycles. The Kier molecular flexibility index (Phi) is 16.3. The zero-order chi connectivity index (χ0) is 24.2. The standard InChI is InChI=1S/C18H15P.2C8H11.Ni/c1-4-10-16(11-5-1)19(17-12-6-2-7-13-17)18-14-8-3-9-15-18;2*1-2-4-6-8-7-5-3-1;/h1-15H;2*1-2,7H,3-6H2;/q;2*-1;+2/p+1. The van der Waals surface area contributed by atoms with Crippen LogP contribution < -0.4 is 15.9 Å². The fourth-order valence-electron chi connectivity index (χ4n) is 3.89. The Hall–Kier alpha value is -2.46. The molecule has 0 heterocycles. The number of hydrogen-bond acceptors (Lipinski definition) is 0. The van der Waals surface area contributed by atoms with Gasteiger partial charge in [-0.25, -0.2) is 0 Å². The summed E-state index contributed by atoms with van der Waals surface area (Å²) in [5, 5.41) is 4.31. The molecule has 5 rings (SSSR count). The maximum atomic E-state index is 3.21. The third-order valence-electron chi connectivity index (χ3n) is 5.68. The molecule has 2 aliphatic carbocycles. The smallest absolute Gasteiger partial charge is 0.500 e. The Morgan fingerprint density at radius 2 is 0.750 bits per heavy atom. The van der Waals surface area contributed by atoms with Crippen LogP contribution in [0.3, 0.4) is 0 Å². The van der Waals surface area contributed by atoms with E-state index < -0.39 is 7.92 Å². The van der Waals surface area contributed by atoms with Gasteiger partial charge in [-0.3, -0.25) is 12.2 Å². The summed E-state index contributed by atoms with van der Waals surface area (Å²) in [4.78, 5) is 0. The fourth-order valence-corrected chi connectivity index (χ4v) is 6.46. The van der Waals surface area contributed by atoms with E-state index in [1.54, 1.807) is 0 Å². The molecule has 3 aromatic rings. The molecule has 0 atom stereocenters. The predicted molar refractivity (Wildman–Crippen MR) is 157 cm³/mol. The summed E-state index contributed by atoms with van der Waals surface area (Å²) < 4.78 is 0. The van der Waals surface area contributed by atoms with Gasteiger partial charge in [-0.1, -0.05) is 105 Å². The maximum absolute atomic E-state index is 3.21. The van der Waals surface area contributed by atoms with E-state index in [1.165, 1.54) is 54.4 Å². The van der Waals surface area contributed by atoms with Crippen molar-refractivity contribution in [1.29, 1.82) is 0 Å². The summed E-state index contributed by atoms with van der Waals surface area (Å²) in [7, 11) is -0.877. The second-order valence-corrected chi connectivity index (χ2v) is 10.9. The van der Waals surface area contributed by atoms with Gasteiger partial charge in [0.1, 0.15) is 15.9 Å². The zero-order valence-corrected chi connectivity index (χ0v) is 23.1. The van der Waals surface area contributed by atoms with E-state index in [4.69, 9.17) is 0 Å². The molecule has 2 aliphatic rings. The van der Waals surface area contributed by atoms with Gasteiger partial charge in [0.25, 0.3) is 0 Å². The van der Waals surface area contributed by atoms with Gasteiger partial charge in [-0.05, 0) is 49.2 Å². The summed E-state index contributed by atoms with van der Waals surface area (Å²) in [6, 6.07) is 32.5. The van der Waals surface area contributed by atoms with Crippen molar-refractivity contribution in [3.05, 3.63) is 140 Å². The van der Waals surface area contributed by atoms with Crippen molar-refractivity contribution >= 4 is 23.8 Å². The largest absolute Gasteiger partial charge is 2.00 e. The monoisotopic (exact) mass is 535 g/mol. The molecule has 0 unspecified atom stereocenters. The van der Waals surface area contributed by atoms with Crippen LogP contribution in [0.15, 0.2) is 127 Å². The van der Waals surface area contributed by atoms with Crippen LogP contribution >= 0.6 is 7.92 Å². The number of allylic oxidation sites excluding steroid dienone is 8. The molecule has 36 heavy (non-hydrogen) atoms. The first-order valence-electron chi connectivity index (χ1n) is 12.9. The second kappa shape index (κ2) is 19.7. The van der Waals surface area contributed by atoms with Crippen molar-refractivity contribution in [2.45, 2.75) is 51.4 Å². The van der Waals surface area contributed by atoms with E-state index >= 15 is 0 Å². The zero-order valence-electron chi connectivity index (χ0n) is 21.1. The van der Waals surface area contributed by atoms with Crippen LogP contribution in [0.4, 0.5) is 0 Å². The van der Waals surface area contributed by atoms with E-state index in [1.807, 2.05) is 0 Å². The van der Waals surface area contributed by atoms with Crippen molar-refractivity contribution in [3.63, 3.8) is 0 Å². The first-order valence-corrected chi connectivity index (χ1v) is 14.4. The van der Waals surface area contributed by atoms with Crippen molar-refractivity contribution in [3.8, 4) is 0 Å². The van der Waals surface area contributed by atoms with Gasteiger partial charge >= 0.3 is 16.5 Å². The molecular formula is C34H38NiP+. The summed E-state index contributed by atoms with van der Waals surface area (Å²) in [5.41, 5.74) is 0. The van der Waals surface area contributed by atoms with Gasteiger partial charge in [0.15, 0.2) is 0 Å². The van der Waals surface area contributed by atoms with Gasteiger partial charge in [0.05, 0.1) is 7.92 Å². The Morgan fingerprint density at radius 1 is 0.417 bits per heavy atom. The minimum Gasteiger partial charge on any atom is -0.500 e. The Balaban J connectivity index is 0.000000223. The van der Waals surface area contributed by atoms with Crippen LogP contribution in [0.5, 0.6) is 0 Å². The molecule has 0 spiro atoms. The molecule has 0 nitrogen and oxygen atoms in total. The van der Waals surface area contributed by atoms with Crippen LogP contribution in [0.1, 0.15) is 51.4 Å². The van der Waals surface area contributed by atoms with Crippen molar-refractivity contribution < 1.29 is 16.5 Å². The molecule has 0 aromatic heterocycles. The van der Waals surface area contributed by atoms with Crippen molar-refractivity contribution in [2.75, 3.05) is 0 Å². The van der Waals surface area contributed by atoms with Gasteiger partial charge in [-0.2, -0.15) is 12.8 Å². The van der Waals surface area contributed by atoms with Crippen LogP contribution in [0.25, 0.3) is 0 Å². The molecule has 3 aromatic carbocycles. The Labute approximate surface area is 230 Å². The number of hydrogen-bond donors (Lipinski definition) is 0. The van der Waals surface area contributed by atoms with Crippen LogP contribution in [-0.4, -0.2) is 0 Å². The molecule has 0 bridgehead atoms.